The van der Waals surface area contributed by atoms with E-state index in [1.54, 1.807) is 10.9 Å². The van der Waals surface area contributed by atoms with Crippen LogP contribution in [-0.4, -0.2) is 20.9 Å². The van der Waals surface area contributed by atoms with E-state index in [2.05, 4.69) is 18.9 Å². The lowest BCUT2D eigenvalue weighted by molar-refractivity contribution is 0.0697. The molecule has 1 aromatic carbocycles. The van der Waals surface area contributed by atoms with Gasteiger partial charge in [-0.15, -0.1) is 0 Å². The van der Waals surface area contributed by atoms with Gasteiger partial charge >= 0.3 is 5.97 Å². The molecule has 1 aromatic heterocycles. The van der Waals surface area contributed by atoms with Crippen molar-refractivity contribution in [2.75, 3.05) is 0 Å². The Kier molecular flexibility index (Phi) is 3.46. The predicted molar refractivity (Wildman–Crippen MR) is 69.5 cm³/mol. The number of hydrogen-bond acceptors (Lipinski definition) is 2. The monoisotopic (exact) mass is 244 g/mol. The number of benzene rings is 1. The van der Waals surface area contributed by atoms with Gasteiger partial charge in [0.15, 0.2) is 0 Å². The van der Waals surface area contributed by atoms with Crippen LogP contribution in [0, 0.1) is 5.92 Å². The number of carboxylic acid groups (broad SMARTS) is 1. The second-order valence-electron chi connectivity index (χ2n) is 4.68. The standard InChI is InChI=1S/C14H16N2O2/c1-10(2)8-16-9-12(14(17)18)13(15-16)11-6-4-3-5-7-11/h3-7,9-10H,8H2,1-2H3,(H,17,18). The van der Waals surface area contributed by atoms with Gasteiger partial charge < -0.3 is 5.11 Å². The quantitative estimate of drug-likeness (QED) is 0.899. The maximum absolute atomic E-state index is 11.2. The Labute approximate surface area is 106 Å². The average Bonchev–Trinajstić information content (AvgIpc) is 2.73. The van der Waals surface area contributed by atoms with Crippen LogP contribution in [0.5, 0.6) is 0 Å². The van der Waals surface area contributed by atoms with Gasteiger partial charge in [-0.25, -0.2) is 4.79 Å². The van der Waals surface area contributed by atoms with Gasteiger partial charge in [0.2, 0.25) is 0 Å². The first-order chi connectivity index (χ1) is 8.58. The van der Waals surface area contributed by atoms with Gasteiger partial charge in [0.25, 0.3) is 0 Å². The van der Waals surface area contributed by atoms with E-state index in [1.807, 2.05) is 30.3 Å². The van der Waals surface area contributed by atoms with Crippen LogP contribution in [0.3, 0.4) is 0 Å². The van der Waals surface area contributed by atoms with Crippen LogP contribution in [0.15, 0.2) is 36.5 Å². The highest BCUT2D eigenvalue weighted by Gasteiger charge is 2.17. The van der Waals surface area contributed by atoms with Gasteiger partial charge in [-0.3, -0.25) is 4.68 Å². The second kappa shape index (κ2) is 5.04. The summed E-state index contributed by atoms with van der Waals surface area (Å²) in [4.78, 5) is 11.2. The molecule has 0 unspecified atom stereocenters. The van der Waals surface area contributed by atoms with E-state index >= 15 is 0 Å². The first-order valence-electron chi connectivity index (χ1n) is 5.94. The minimum absolute atomic E-state index is 0.252. The smallest absolute Gasteiger partial charge is 0.339 e. The highest BCUT2D eigenvalue weighted by atomic mass is 16.4. The SMILES string of the molecule is CC(C)Cn1cc(C(=O)O)c(-c2ccccc2)n1. The van der Waals surface area contributed by atoms with Crippen molar-refractivity contribution in [3.8, 4) is 11.3 Å². The number of rotatable bonds is 4. The number of aromatic carboxylic acids is 1. The molecule has 0 atom stereocenters. The number of carboxylic acids is 1. The minimum Gasteiger partial charge on any atom is -0.478 e. The van der Waals surface area contributed by atoms with Crippen molar-refractivity contribution >= 4 is 5.97 Å². The molecule has 2 aromatic rings. The van der Waals surface area contributed by atoms with E-state index in [1.165, 1.54) is 0 Å². The van der Waals surface area contributed by atoms with Crippen molar-refractivity contribution in [3.63, 3.8) is 0 Å². The van der Waals surface area contributed by atoms with Crippen LogP contribution in [0.25, 0.3) is 11.3 Å². The van der Waals surface area contributed by atoms with Gasteiger partial charge in [0, 0.05) is 18.3 Å². The molecule has 1 heterocycles. The zero-order valence-corrected chi connectivity index (χ0v) is 10.5. The molecule has 0 amide bonds. The number of aromatic nitrogens is 2. The molecule has 0 fully saturated rings. The highest BCUT2D eigenvalue weighted by Crippen LogP contribution is 2.22. The lowest BCUT2D eigenvalue weighted by Crippen LogP contribution is -2.04. The van der Waals surface area contributed by atoms with Crippen LogP contribution < -0.4 is 0 Å². The fraction of sp³-hybridized carbons (Fsp3) is 0.286. The highest BCUT2D eigenvalue weighted by molar-refractivity contribution is 5.94. The first kappa shape index (κ1) is 12.4. The Morgan fingerprint density at radius 3 is 2.56 bits per heavy atom. The molecule has 1 N–H and O–H groups in total. The molecule has 0 saturated carbocycles. The topological polar surface area (TPSA) is 55.1 Å². The lowest BCUT2D eigenvalue weighted by Gasteiger charge is -2.03. The third-order valence-electron chi connectivity index (χ3n) is 2.59. The molecule has 4 nitrogen and oxygen atoms in total. The molecule has 0 radical (unpaired) electrons. The number of hydrogen-bond donors (Lipinski definition) is 1. The van der Waals surface area contributed by atoms with Gasteiger partial charge in [0.1, 0.15) is 11.3 Å². The summed E-state index contributed by atoms with van der Waals surface area (Å²) in [5.41, 5.74) is 1.61. The summed E-state index contributed by atoms with van der Waals surface area (Å²) in [6.45, 7) is 4.86. The van der Waals surface area contributed by atoms with Crippen LogP contribution in [-0.2, 0) is 6.54 Å². The largest absolute Gasteiger partial charge is 0.478 e. The van der Waals surface area contributed by atoms with E-state index in [-0.39, 0.29) is 5.56 Å². The predicted octanol–water partition coefficient (Wildman–Crippen LogP) is 2.90. The van der Waals surface area contributed by atoms with Crippen molar-refractivity contribution in [2.24, 2.45) is 5.92 Å². The average molecular weight is 244 g/mol. The Morgan fingerprint density at radius 2 is 2.00 bits per heavy atom. The van der Waals surface area contributed by atoms with E-state index in [0.29, 0.717) is 18.2 Å². The van der Waals surface area contributed by atoms with E-state index in [0.717, 1.165) is 5.56 Å². The molecule has 18 heavy (non-hydrogen) atoms. The van der Waals surface area contributed by atoms with Crippen LogP contribution in [0.4, 0.5) is 0 Å². The Bertz CT molecular complexity index is 544. The molecule has 0 aliphatic rings. The second-order valence-corrected chi connectivity index (χ2v) is 4.68. The molecule has 2 rings (SSSR count). The molecular formula is C14H16N2O2. The van der Waals surface area contributed by atoms with Crippen LogP contribution in [0.2, 0.25) is 0 Å². The maximum atomic E-state index is 11.2. The summed E-state index contributed by atoms with van der Waals surface area (Å²) in [6.07, 6.45) is 1.60. The van der Waals surface area contributed by atoms with Gasteiger partial charge in [-0.2, -0.15) is 5.10 Å². The van der Waals surface area contributed by atoms with Crippen LogP contribution in [0.1, 0.15) is 24.2 Å². The van der Waals surface area contributed by atoms with Crippen LogP contribution >= 0.6 is 0 Å². The fourth-order valence-electron chi connectivity index (χ4n) is 1.85. The molecule has 0 aliphatic carbocycles. The molecule has 4 heteroatoms. The van der Waals surface area contributed by atoms with Crippen molar-refractivity contribution in [2.45, 2.75) is 20.4 Å². The van der Waals surface area contributed by atoms with E-state index in [4.69, 9.17) is 0 Å². The number of nitrogens with zero attached hydrogens (tertiary/aromatic N) is 2. The molecular weight excluding hydrogens is 228 g/mol. The molecule has 0 aliphatic heterocycles. The Hall–Kier alpha value is -2.10. The Balaban J connectivity index is 2.45. The summed E-state index contributed by atoms with van der Waals surface area (Å²) in [5, 5.41) is 13.6. The molecule has 0 bridgehead atoms. The normalized spacial score (nSPS) is 10.8. The molecule has 0 spiro atoms. The van der Waals surface area contributed by atoms with Gasteiger partial charge in [-0.1, -0.05) is 44.2 Å². The summed E-state index contributed by atoms with van der Waals surface area (Å²) in [7, 11) is 0. The zero-order valence-electron chi connectivity index (χ0n) is 10.5. The summed E-state index contributed by atoms with van der Waals surface area (Å²) >= 11 is 0. The van der Waals surface area contributed by atoms with E-state index < -0.39 is 5.97 Å². The van der Waals surface area contributed by atoms with Crippen molar-refractivity contribution in [1.82, 2.24) is 9.78 Å². The first-order valence-corrected chi connectivity index (χ1v) is 5.94. The lowest BCUT2D eigenvalue weighted by atomic mass is 10.1. The zero-order chi connectivity index (χ0) is 13.1. The maximum Gasteiger partial charge on any atom is 0.339 e. The van der Waals surface area contributed by atoms with Crippen molar-refractivity contribution < 1.29 is 9.90 Å². The van der Waals surface area contributed by atoms with Gasteiger partial charge in [-0.05, 0) is 5.92 Å². The minimum atomic E-state index is -0.941. The number of carbonyl (C=O) groups is 1. The summed E-state index contributed by atoms with van der Waals surface area (Å²) in [6, 6.07) is 9.39. The van der Waals surface area contributed by atoms with Crippen molar-refractivity contribution in [1.29, 1.82) is 0 Å². The molecule has 0 saturated heterocycles. The van der Waals surface area contributed by atoms with E-state index in [9.17, 15) is 9.90 Å². The Morgan fingerprint density at radius 1 is 1.33 bits per heavy atom. The molecule has 94 valence electrons. The third-order valence-corrected chi connectivity index (χ3v) is 2.59. The fourth-order valence-corrected chi connectivity index (χ4v) is 1.85. The summed E-state index contributed by atoms with van der Waals surface area (Å²) < 4.78 is 1.70. The summed E-state index contributed by atoms with van der Waals surface area (Å²) in [5.74, 6) is -0.515. The van der Waals surface area contributed by atoms with Crippen molar-refractivity contribution in [3.05, 3.63) is 42.1 Å². The third kappa shape index (κ3) is 2.59. The van der Waals surface area contributed by atoms with Gasteiger partial charge in [0.05, 0.1) is 0 Å².